The Bertz CT molecular complexity index is 278. The Morgan fingerprint density at radius 1 is 1.90 bits per heavy atom. The third-order valence-electron chi connectivity index (χ3n) is 0.928. The summed E-state index contributed by atoms with van der Waals surface area (Å²) in [5, 5.41) is 8.40. The Hall–Kier alpha value is -1.83. The van der Waals surface area contributed by atoms with Gasteiger partial charge >= 0.3 is 0 Å². The molecule has 0 saturated heterocycles. The van der Waals surface area contributed by atoms with Crippen molar-refractivity contribution in [2.24, 2.45) is 10.7 Å². The molecule has 1 aromatic heterocycles. The van der Waals surface area contributed by atoms with E-state index in [4.69, 9.17) is 11.0 Å². The minimum absolute atomic E-state index is 0.321. The molecule has 0 aliphatic carbocycles. The maximum absolute atomic E-state index is 8.40. The zero-order valence-electron chi connectivity index (χ0n) is 5.07. The summed E-state index contributed by atoms with van der Waals surface area (Å²) in [5.41, 5.74) is 5.31. The van der Waals surface area contributed by atoms with Gasteiger partial charge in [-0.05, 0) is 0 Å². The van der Waals surface area contributed by atoms with Crippen LogP contribution in [0.4, 0.5) is 5.82 Å². The monoisotopic (exact) mass is 135 g/mol. The predicted molar refractivity (Wildman–Crippen MR) is 35.6 cm³/mol. The van der Waals surface area contributed by atoms with Crippen molar-refractivity contribution >= 4 is 12.2 Å². The van der Waals surface area contributed by atoms with Crippen LogP contribution in [0.15, 0.2) is 11.3 Å². The second kappa shape index (κ2) is 2.64. The van der Waals surface area contributed by atoms with E-state index in [1.54, 1.807) is 0 Å². The summed E-state index contributed by atoms with van der Waals surface area (Å²) >= 11 is 0. The van der Waals surface area contributed by atoms with E-state index in [9.17, 15) is 0 Å². The Kier molecular flexibility index (Phi) is 1.66. The van der Waals surface area contributed by atoms with Crippen LogP contribution in [0.2, 0.25) is 0 Å². The predicted octanol–water partition coefficient (Wildman–Crippen LogP) is -0.100. The molecule has 3 N–H and O–H groups in total. The number of H-pyrrole nitrogens is 1. The summed E-state index contributed by atoms with van der Waals surface area (Å²) in [6, 6.07) is 1.87. The molecule has 0 radical (unpaired) electrons. The molecule has 1 rings (SSSR count). The number of rotatable bonds is 1. The zero-order valence-corrected chi connectivity index (χ0v) is 5.07. The van der Waals surface area contributed by atoms with E-state index in [1.807, 2.05) is 6.07 Å². The van der Waals surface area contributed by atoms with E-state index < -0.39 is 0 Å². The molecule has 5 heteroatoms. The Balaban J connectivity index is 3.04. The molecule has 0 saturated carbocycles. The number of nitrogens with two attached hydrogens (primary N) is 1. The molecule has 10 heavy (non-hydrogen) atoms. The van der Waals surface area contributed by atoms with Gasteiger partial charge < -0.3 is 10.7 Å². The summed E-state index contributed by atoms with van der Waals surface area (Å²) in [5.74, 6) is 0.324. The average Bonchev–Trinajstić information content (AvgIpc) is 2.36. The number of nitrogens with one attached hydrogen (secondary N) is 1. The summed E-state index contributed by atoms with van der Waals surface area (Å²) in [6.07, 6.45) is 2.48. The number of nitrogens with zero attached hydrogens (tertiary/aromatic N) is 3. The molecular formula is C5H5N5. The van der Waals surface area contributed by atoms with Gasteiger partial charge in [-0.25, -0.2) is 9.98 Å². The standard InChI is InChI=1S/C5H5N5/c6-1-4-5(8-2-7)10-3-9-4/h2-3H,(H2,7,8)(H,9,10). The van der Waals surface area contributed by atoms with Crippen molar-refractivity contribution in [3.63, 3.8) is 0 Å². The van der Waals surface area contributed by atoms with Gasteiger partial charge in [0, 0.05) is 0 Å². The first-order valence-electron chi connectivity index (χ1n) is 2.56. The highest BCUT2D eigenvalue weighted by molar-refractivity contribution is 5.59. The molecular weight excluding hydrogens is 130 g/mol. The average molecular weight is 135 g/mol. The number of aromatic amines is 1. The molecule has 0 atom stereocenters. The molecule has 0 unspecified atom stereocenters. The molecule has 0 bridgehead atoms. The Labute approximate surface area is 57.2 Å². The van der Waals surface area contributed by atoms with E-state index in [1.165, 1.54) is 6.33 Å². The first-order chi connectivity index (χ1) is 4.88. The van der Waals surface area contributed by atoms with E-state index in [-0.39, 0.29) is 0 Å². The van der Waals surface area contributed by atoms with Crippen LogP contribution in [0.3, 0.4) is 0 Å². The van der Waals surface area contributed by atoms with Gasteiger partial charge in [0.25, 0.3) is 0 Å². The summed E-state index contributed by atoms with van der Waals surface area (Å²) in [7, 11) is 0. The Morgan fingerprint density at radius 2 is 2.70 bits per heavy atom. The molecule has 0 aliphatic heterocycles. The molecule has 1 heterocycles. The second-order valence-corrected chi connectivity index (χ2v) is 1.49. The smallest absolute Gasteiger partial charge is 0.189 e. The highest BCUT2D eigenvalue weighted by Crippen LogP contribution is 2.09. The lowest BCUT2D eigenvalue weighted by Crippen LogP contribution is -1.87. The van der Waals surface area contributed by atoms with E-state index in [0.717, 1.165) is 6.34 Å². The third-order valence-corrected chi connectivity index (χ3v) is 0.928. The van der Waals surface area contributed by atoms with Crippen molar-refractivity contribution in [1.29, 1.82) is 5.26 Å². The summed E-state index contributed by atoms with van der Waals surface area (Å²) in [6.45, 7) is 0. The van der Waals surface area contributed by atoms with Crippen LogP contribution in [0.5, 0.6) is 0 Å². The maximum atomic E-state index is 8.40. The largest absolute Gasteiger partial charge is 0.390 e. The molecule has 0 amide bonds. The number of aliphatic imine (C=N–C) groups is 1. The molecule has 0 spiro atoms. The molecule has 5 nitrogen and oxygen atoms in total. The normalized spacial score (nSPS) is 9.90. The topological polar surface area (TPSA) is 90.8 Å². The lowest BCUT2D eigenvalue weighted by molar-refractivity contribution is 1.29. The van der Waals surface area contributed by atoms with E-state index >= 15 is 0 Å². The van der Waals surface area contributed by atoms with Crippen LogP contribution in [0, 0.1) is 11.3 Å². The fourth-order valence-corrected chi connectivity index (χ4v) is 0.538. The van der Waals surface area contributed by atoms with Crippen LogP contribution in [0.1, 0.15) is 5.69 Å². The third kappa shape index (κ3) is 0.951. The van der Waals surface area contributed by atoms with Crippen molar-refractivity contribution in [2.45, 2.75) is 0 Å². The van der Waals surface area contributed by atoms with Crippen molar-refractivity contribution in [1.82, 2.24) is 9.97 Å². The lowest BCUT2D eigenvalue weighted by atomic mass is 10.5. The molecule has 0 aromatic carbocycles. The molecule has 0 aliphatic rings. The second-order valence-electron chi connectivity index (χ2n) is 1.49. The quantitative estimate of drug-likeness (QED) is 0.416. The SMILES string of the molecule is N#Cc1[nH]cnc1/N=C/N. The van der Waals surface area contributed by atoms with Crippen molar-refractivity contribution in [3.05, 3.63) is 12.0 Å². The van der Waals surface area contributed by atoms with E-state index in [2.05, 4.69) is 15.0 Å². The number of nitriles is 1. The van der Waals surface area contributed by atoms with Gasteiger partial charge in [0.05, 0.1) is 12.7 Å². The van der Waals surface area contributed by atoms with Gasteiger partial charge in [-0.1, -0.05) is 0 Å². The number of hydrogen-bond acceptors (Lipinski definition) is 3. The van der Waals surface area contributed by atoms with Crippen LogP contribution in [-0.4, -0.2) is 16.3 Å². The minimum Gasteiger partial charge on any atom is -0.390 e. The summed E-state index contributed by atoms with van der Waals surface area (Å²) in [4.78, 5) is 9.94. The Morgan fingerprint density at radius 3 is 3.30 bits per heavy atom. The molecule has 50 valence electrons. The van der Waals surface area contributed by atoms with Gasteiger partial charge in [0.2, 0.25) is 0 Å². The lowest BCUT2D eigenvalue weighted by Gasteiger charge is -1.80. The number of hydrogen-bond donors (Lipinski definition) is 2. The van der Waals surface area contributed by atoms with Gasteiger partial charge in [-0.2, -0.15) is 5.26 Å². The van der Waals surface area contributed by atoms with Crippen LogP contribution in [-0.2, 0) is 0 Å². The van der Waals surface area contributed by atoms with Gasteiger partial charge in [-0.15, -0.1) is 0 Å². The zero-order chi connectivity index (χ0) is 7.40. The van der Waals surface area contributed by atoms with Crippen LogP contribution >= 0.6 is 0 Å². The fourth-order valence-electron chi connectivity index (χ4n) is 0.538. The first-order valence-corrected chi connectivity index (χ1v) is 2.56. The van der Waals surface area contributed by atoms with Gasteiger partial charge in [0.15, 0.2) is 11.5 Å². The summed E-state index contributed by atoms with van der Waals surface area (Å²) < 4.78 is 0. The number of imidazole rings is 1. The van der Waals surface area contributed by atoms with Crippen molar-refractivity contribution in [2.75, 3.05) is 0 Å². The number of aromatic nitrogens is 2. The highest BCUT2D eigenvalue weighted by atomic mass is 15.0. The van der Waals surface area contributed by atoms with Crippen molar-refractivity contribution < 1.29 is 0 Å². The van der Waals surface area contributed by atoms with Gasteiger partial charge in [-0.3, -0.25) is 0 Å². The van der Waals surface area contributed by atoms with Crippen molar-refractivity contribution in [3.8, 4) is 6.07 Å². The van der Waals surface area contributed by atoms with Crippen LogP contribution < -0.4 is 5.73 Å². The fraction of sp³-hybridized carbons (Fsp3) is 0. The van der Waals surface area contributed by atoms with E-state index in [0.29, 0.717) is 11.5 Å². The maximum Gasteiger partial charge on any atom is 0.189 e. The molecule has 1 aromatic rings. The first kappa shape index (κ1) is 6.29. The van der Waals surface area contributed by atoms with Crippen LogP contribution in [0.25, 0.3) is 0 Å². The van der Waals surface area contributed by atoms with Gasteiger partial charge in [0.1, 0.15) is 6.07 Å². The molecule has 0 fully saturated rings. The highest BCUT2D eigenvalue weighted by Gasteiger charge is 1.99. The minimum atomic E-state index is 0.321.